The lowest BCUT2D eigenvalue weighted by Crippen LogP contribution is -2.29. The minimum Gasteiger partial charge on any atom is -0.489 e. The number of hydrogen-bond acceptors (Lipinski definition) is 5. The van der Waals surface area contributed by atoms with Gasteiger partial charge in [0, 0.05) is 17.5 Å². The summed E-state index contributed by atoms with van der Waals surface area (Å²) in [6.07, 6.45) is 3.32. The molecule has 3 rings (SSSR count). The van der Waals surface area contributed by atoms with Gasteiger partial charge >= 0.3 is 5.63 Å². The quantitative estimate of drug-likeness (QED) is 0.806. The van der Waals surface area contributed by atoms with Gasteiger partial charge in [0.1, 0.15) is 17.9 Å². The van der Waals surface area contributed by atoms with E-state index in [9.17, 15) is 9.59 Å². The summed E-state index contributed by atoms with van der Waals surface area (Å²) in [4.78, 5) is 23.4. The first-order chi connectivity index (χ1) is 11.4. The van der Waals surface area contributed by atoms with E-state index in [4.69, 9.17) is 13.9 Å². The van der Waals surface area contributed by atoms with Crippen molar-refractivity contribution in [1.82, 2.24) is 0 Å². The normalized spacial score (nSPS) is 16.9. The van der Waals surface area contributed by atoms with E-state index >= 15 is 0 Å². The second kappa shape index (κ2) is 6.00. The van der Waals surface area contributed by atoms with E-state index in [0.29, 0.717) is 23.5 Å². The van der Waals surface area contributed by atoms with E-state index in [-0.39, 0.29) is 5.78 Å². The zero-order valence-electron chi connectivity index (χ0n) is 13.8. The number of ether oxygens (including phenoxy) is 2. The molecule has 5 heteroatoms. The Morgan fingerprint density at radius 1 is 1.21 bits per heavy atom. The summed E-state index contributed by atoms with van der Waals surface area (Å²) in [5, 5.41) is 0.828. The standard InChI is InChI=1S/C19H18O5/c1-12(15-11-23-19(2,3)18(15)21)8-9-22-14-6-4-13-5-7-17(20)24-16(13)10-14/h4-8,10-11H,9H2,1-3H3/b12-8+. The molecule has 1 aromatic heterocycles. The molecule has 0 atom stereocenters. The Labute approximate surface area is 139 Å². The summed E-state index contributed by atoms with van der Waals surface area (Å²) in [5.74, 6) is 0.549. The molecule has 124 valence electrons. The van der Waals surface area contributed by atoms with Gasteiger partial charge in [-0.25, -0.2) is 4.79 Å². The van der Waals surface area contributed by atoms with Crippen molar-refractivity contribution in [3.63, 3.8) is 0 Å². The SMILES string of the molecule is C/C(=C\COc1ccc2ccc(=O)oc2c1)C1=COC(C)(C)C1=O. The second-order valence-electron chi connectivity index (χ2n) is 6.14. The van der Waals surface area contributed by atoms with Crippen LogP contribution in [0.3, 0.4) is 0 Å². The Morgan fingerprint density at radius 3 is 2.67 bits per heavy atom. The van der Waals surface area contributed by atoms with Crippen LogP contribution in [0.4, 0.5) is 0 Å². The fourth-order valence-electron chi connectivity index (χ4n) is 2.41. The van der Waals surface area contributed by atoms with E-state index in [2.05, 4.69) is 0 Å². The first kappa shape index (κ1) is 16.1. The molecule has 0 N–H and O–H groups in total. The van der Waals surface area contributed by atoms with Gasteiger partial charge in [-0.1, -0.05) is 0 Å². The van der Waals surface area contributed by atoms with Crippen LogP contribution in [-0.4, -0.2) is 18.0 Å². The second-order valence-corrected chi connectivity index (χ2v) is 6.14. The lowest BCUT2D eigenvalue weighted by molar-refractivity contribution is -0.126. The third kappa shape index (κ3) is 3.11. The Hall–Kier alpha value is -2.82. The minimum absolute atomic E-state index is 0.0382. The van der Waals surface area contributed by atoms with Crippen LogP contribution >= 0.6 is 0 Å². The predicted molar refractivity (Wildman–Crippen MR) is 90.0 cm³/mol. The number of hydrogen-bond donors (Lipinski definition) is 0. The Morgan fingerprint density at radius 2 is 1.96 bits per heavy atom. The van der Waals surface area contributed by atoms with Crippen LogP contribution in [0.2, 0.25) is 0 Å². The Kier molecular flexibility index (Phi) is 4.01. The van der Waals surface area contributed by atoms with E-state index < -0.39 is 11.2 Å². The highest BCUT2D eigenvalue weighted by Crippen LogP contribution is 2.28. The lowest BCUT2D eigenvalue weighted by atomic mass is 9.95. The predicted octanol–water partition coefficient (Wildman–Crippen LogP) is 3.38. The van der Waals surface area contributed by atoms with Crippen molar-refractivity contribution in [2.45, 2.75) is 26.4 Å². The fourth-order valence-corrected chi connectivity index (χ4v) is 2.41. The number of carbonyl (C=O) groups is 1. The molecule has 0 bridgehead atoms. The molecule has 0 unspecified atom stereocenters. The van der Waals surface area contributed by atoms with E-state index in [1.807, 2.05) is 19.1 Å². The van der Waals surface area contributed by atoms with Crippen LogP contribution < -0.4 is 10.4 Å². The molecular formula is C19H18O5. The number of Topliss-reactive ketones (excluding diaryl/α,β-unsaturated/α-hetero) is 1. The van der Waals surface area contributed by atoms with Crippen LogP contribution in [0.25, 0.3) is 11.0 Å². The third-order valence-electron chi connectivity index (χ3n) is 3.92. The fraction of sp³-hybridized carbons (Fsp3) is 0.263. The van der Waals surface area contributed by atoms with Gasteiger partial charge in [-0.2, -0.15) is 0 Å². The monoisotopic (exact) mass is 326 g/mol. The van der Waals surface area contributed by atoms with Gasteiger partial charge in [0.15, 0.2) is 5.60 Å². The van der Waals surface area contributed by atoms with Crippen LogP contribution in [0.5, 0.6) is 5.75 Å². The molecule has 24 heavy (non-hydrogen) atoms. The topological polar surface area (TPSA) is 65.7 Å². The molecule has 0 fully saturated rings. The van der Waals surface area contributed by atoms with Gasteiger partial charge in [-0.3, -0.25) is 4.79 Å². The molecule has 1 aromatic carbocycles. The summed E-state index contributed by atoms with van der Waals surface area (Å²) < 4.78 is 16.2. The molecule has 0 spiro atoms. The number of rotatable bonds is 4. The van der Waals surface area contributed by atoms with E-state index in [1.54, 1.807) is 32.0 Å². The van der Waals surface area contributed by atoms with Gasteiger partial charge < -0.3 is 13.9 Å². The molecule has 5 nitrogen and oxygen atoms in total. The van der Waals surface area contributed by atoms with Crippen LogP contribution in [-0.2, 0) is 9.53 Å². The van der Waals surface area contributed by atoms with Crippen molar-refractivity contribution < 1.29 is 18.7 Å². The highest BCUT2D eigenvalue weighted by Gasteiger charge is 2.37. The molecule has 2 aromatic rings. The van der Waals surface area contributed by atoms with Crippen molar-refractivity contribution in [2.75, 3.05) is 6.61 Å². The van der Waals surface area contributed by atoms with Gasteiger partial charge in [0.25, 0.3) is 0 Å². The summed E-state index contributed by atoms with van der Waals surface area (Å²) in [6, 6.07) is 8.38. The average molecular weight is 326 g/mol. The largest absolute Gasteiger partial charge is 0.489 e. The zero-order chi connectivity index (χ0) is 17.3. The highest BCUT2D eigenvalue weighted by atomic mass is 16.5. The maximum Gasteiger partial charge on any atom is 0.336 e. The Balaban J connectivity index is 1.70. The molecule has 0 radical (unpaired) electrons. The first-order valence-corrected chi connectivity index (χ1v) is 7.63. The number of benzene rings is 1. The van der Waals surface area contributed by atoms with Crippen molar-refractivity contribution in [1.29, 1.82) is 0 Å². The van der Waals surface area contributed by atoms with Crippen molar-refractivity contribution in [3.05, 3.63) is 64.2 Å². The molecule has 2 heterocycles. The molecule has 1 aliphatic rings. The van der Waals surface area contributed by atoms with Crippen molar-refractivity contribution >= 4 is 16.8 Å². The number of fused-ring (bicyclic) bond motifs is 1. The number of carbonyl (C=O) groups excluding carboxylic acids is 1. The summed E-state index contributed by atoms with van der Waals surface area (Å²) in [5.41, 5.74) is 0.640. The molecule has 1 aliphatic heterocycles. The third-order valence-corrected chi connectivity index (χ3v) is 3.92. The van der Waals surface area contributed by atoms with E-state index in [0.717, 1.165) is 11.0 Å². The van der Waals surface area contributed by atoms with Gasteiger partial charge in [-0.05, 0) is 50.6 Å². The summed E-state index contributed by atoms with van der Waals surface area (Å²) in [6.45, 7) is 5.62. The highest BCUT2D eigenvalue weighted by molar-refractivity contribution is 6.06. The van der Waals surface area contributed by atoms with Crippen molar-refractivity contribution in [3.8, 4) is 5.75 Å². The van der Waals surface area contributed by atoms with Gasteiger partial charge in [0.2, 0.25) is 5.78 Å². The maximum atomic E-state index is 12.2. The maximum absolute atomic E-state index is 12.2. The smallest absolute Gasteiger partial charge is 0.336 e. The minimum atomic E-state index is -0.804. The Bertz CT molecular complexity index is 915. The van der Waals surface area contributed by atoms with Gasteiger partial charge in [-0.15, -0.1) is 0 Å². The summed E-state index contributed by atoms with van der Waals surface area (Å²) in [7, 11) is 0. The zero-order valence-corrected chi connectivity index (χ0v) is 13.8. The lowest BCUT2D eigenvalue weighted by Gasteiger charge is -2.15. The van der Waals surface area contributed by atoms with Crippen molar-refractivity contribution in [2.24, 2.45) is 0 Å². The van der Waals surface area contributed by atoms with Gasteiger partial charge in [0.05, 0.1) is 11.8 Å². The summed E-state index contributed by atoms with van der Waals surface area (Å²) >= 11 is 0. The molecule has 0 amide bonds. The van der Waals surface area contributed by atoms with E-state index in [1.165, 1.54) is 12.3 Å². The number of ketones is 1. The van der Waals surface area contributed by atoms with Crippen LogP contribution in [0.1, 0.15) is 20.8 Å². The van der Waals surface area contributed by atoms with Crippen LogP contribution in [0, 0.1) is 0 Å². The average Bonchev–Trinajstić information content (AvgIpc) is 2.81. The first-order valence-electron chi connectivity index (χ1n) is 7.63. The van der Waals surface area contributed by atoms with Crippen LogP contribution in [0.15, 0.2) is 63.0 Å². The molecule has 0 saturated carbocycles. The molecule has 0 saturated heterocycles. The number of allylic oxidation sites excluding steroid dienone is 1. The molecule has 0 aliphatic carbocycles. The molecular weight excluding hydrogens is 308 g/mol.